The third-order valence-corrected chi connectivity index (χ3v) is 1.96. The molecule has 0 spiro atoms. The molecule has 0 unspecified atom stereocenters. The van der Waals surface area contributed by atoms with Crippen LogP contribution in [0.2, 0.25) is 0 Å². The normalized spacial score (nSPS) is 10.6. The summed E-state index contributed by atoms with van der Waals surface area (Å²) >= 11 is 0. The summed E-state index contributed by atoms with van der Waals surface area (Å²) in [5.41, 5.74) is 4.86. The molecule has 2 N–H and O–H groups in total. The predicted octanol–water partition coefficient (Wildman–Crippen LogP) is 2.51. The van der Waals surface area contributed by atoms with Crippen LogP contribution in [0.1, 0.15) is 5.76 Å². The minimum atomic E-state index is -0.850. The van der Waals surface area contributed by atoms with E-state index in [9.17, 15) is 8.78 Å². The van der Waals surface area contributed by atoms with Crippen molar-refractivity contribution in [3.8, 4) is 11.5 Å². The van der Waals surface area contributed by atoms with Crippen LogP contribution in [0.3, 0.4) is 0 Å². The van der Waals surface area contributed by atoms with Gasteiger partial charge >= 0.3 is 0 Å². The molecule has 0 bridgehead atoms. The van der Waals surface area contributed by atoms with Gasteiger partial charge in [-0.15, -0.1) is 0 Å². The number of nitrogens with two attached hydrogens (primary N) is 1. The number of halogens is 2. The minimum absolute atomic E-state index is 0.102. The zero-order valence-electron chi connectivity index (χ0n) is 7.92. The van der Waals surface area contributed by atoms with Gasteiger partial charge in [0.2, 0.25) is 5.89 Å². The van der Waals surface area contributed by atoms with Crippen LogP contribution in [-0.2, 0) is 0 Å². The smallest absolute Gasteiger partial charge is 0.232 e. The lowest BCUT2D eigenvalue weighted by Gasteiger charge is -2.02. The number of hydrogen-bond acceptors (Lipinski definition) is 3. The Labute approximate surface area is 84.5 Å². The zero-order valence-corrected chi connectivity index (χ0v) is 7.92. The number of benzene rings is 1. The van der Waals surface area contributed by atoms with E-state index in [1.807, 2.05) is 0 Å². The zero-order chi connectivity index (χ0) is 11.0. The first kappa shape index (κ1) is 9.64. The number of aromatic nitrogens is 1. The lowest BCUT2D eigenvalue weighted by molar-refractivity contribution is 0.523. The van der Waals surface area contributed by atoms with Crippen LogP contribution in [0, 0.1) is 18.6 Å². The second kappa shape index (κ2) is 3.34. The van der Waals surface area contributed by atoms with Gasteiger partial charge in [-0.05, 0) is 19.1 Å². The number of aryl methyl sites for hydroxylation is 1. The van der Waals surface area contributed by atoms with E-state index in [1.165, 1.54) is 6.20 Å². The summed E-state index contributed by atoms with van der Waals surface area (Å²) < 4.78 is 31.9. The Bertz CT molecular complexity index is 508. The third kappa shape index (κ3) is 1.56. The molecule has 0 saturated heterocycles. The highest BCUT2D eigenvalue weighted by Crippen LogP contribution is 2.28. The molecule has 1 aromatic heterocycles. The van der Waals surface area contributed by atoms with Crippen LogP contribution in [0.4, 0.5) is 14.5 Å². The molecular formula is C10H8F2N2O. The fourth-order valence-corrected chi connectivity index (χ4v) is 1.23. The van der Waals surface area contributed by atoms with E-state index in [1.54, 1.807) is 6.92 Å². The molecule has 5 heteroatoms. The predicted molar refractivity (Wildman–Crippen MR) is 51.0 cm³/mol. The summed E-state index contributed by atoms with van der Waals surface area (Å²) in [6.07, 6.45) is 1.39. The summed E-state index contributed by atoms with van der Waals surface area (Å²) in [4.78, 5) is 3.75. The van der Waals surface area contributed by atoms with E-state index in [-0.39, 0.29) is 17.1 Å². The van der Waals surface area contributed by atoms with Gasteiger partial charge in [-0.3, -0.25) is 0 Å². The molecule has 0 saturated carbocycles. The van der Waals surface area contributed by atoms with Gasteiger partial charge in [-0.2, -0.15) is 0 Å². The Hall–Kier alpha value is -1.91. The molecule has 0 amide bonds. The molecule has 1 heterocycles. The number of anilines is 1. The fourth-order valence-electron chi connectivity index (χ4n) is 1.23. The number of oxazole rings is 1. The molecule has 2 rings (SSSR count). The van der Waals surface area contributed by atoms with Crippen LogP contribution in [0.5, 0.6) is 0 Å². The number of nitrogens with zero attached hydrogens (tertiary/aromatic N) is 1. The molecule has 2 aromatic rings. The molecule has 0 radical (unpaired) electrons. The van der Waals surface area contributed by atoms with Crippen LogP contribution in [-0.4, -0.2) is 4.98 Å². The second-order valence-electron chi connectivity index (χ2n) is 3.10. The van der Waals surface area contributed by atoms with Crippen molar-refractivity contribution in [3.05, 3.63) is 35.7 Å². The average Bonchev–Trinajstić information content (AvgIpc) is 2.59. The van der Waals surface area contributed by atoms with Crippen molar-refractivity contribution in [2.75, 3.05) is 5.73 Å². The Kier molecular flexibility index (Phi) is 2.15. The van der Waals surface area contributed by atoms with Crippen molar-refractivity contribution in [1.29, 1.82) is 0 Å². The molecule has 15 heavy (non-hydrogen) atoms. The molecular weight excluding hydrogens is 202 g/mol. The van der Waals surface area contributed by atoms with E-state index >= 15 is 0 Å². The van der Waals surface area contributed by atoms with Gasteiger partial charge in [0, 0.05) is 0 Å². The average molecular weight is 210 g/mol. The maximum atomic E-state index is 13.5. The molecule has 0 fully saturated rings. The maximum Gasteiger partial charge on any atom is 0.232 e. The first-order valence-corrected chi connectivity index (χ1v) is 4.26. The topological polar surface area (TPSA) is 52.0 Å². The van der Waals surface area contributed by atoms with E-state index in [0.29, 0.717) is 5.76 Å². The lowest BCUT2D eigenvalue weighted by Crippen LogP contribution is -1.96. The number of hydrogen-bond donors (Lipinski definition) is 1. The first-order valence-electron chi connectivity index (χ1n) is 4.26. The Morgan fingerprint density at radius 2 is 2.07 bits per heavy atom. The monoisotopic (exact) mass is 210 g/mol. The number of nitrogen functional groups attached to an aromatic ring is 1. The van der Waals surface area contributed by atoms with E-state index in [2.05, 4.69) is 4.98 Å². The van der Waals surface area contributed by atoms with E-state index in [0.717, 1.165) is 12.1 Å². The van der Waals surface area contributed by atoms with Crippen molar-refractivity contribution in [1.82, 2.24) is 4.98 Å². The largest absolute Gasteiger partial charge is 0.441 e. The van der Waals surface area contributed by atoms with Crippen LogP contribution >= 0.6 is 0 Å². The lowest BCUT2D eigenvalue weighted by atomic mass is 10.1. The molecule has 0 atom stereocenters. The summed E-state index contributed by atoms with van der Waals surface area (Å²) in [6, 6.07) is 2.23. The van der Waals surface area contributed by atoms with Crippen molar-refractivity contribution in [2.24, 2.45) is 0 Å². The Morgan fingerprint density at radius 3 is 2.67 bits per heavy atom. The molecule has 0 aliphatic rings. The van der Waals surface area contributed by atoms with E-state index < -0.39 is 11.6 Å². The Morgan fingerprint density at radius 1 is 1.33 bits per heavy atom. The van der Waals surface area contributed by atoms with Crippen molar-refractivity contribution >= 4 is 5.69 Å². The summed E-state index contributed by atoms with van der Waals surface area (Å²) in [7, 11) is 0. The van der Waals surface area contributed by atoms with Gasteiger partial charge in [0.1, 0.15) is 17.1 Å². The van der Waals surface area contributed by atoms with Gasteiger partial charge < -0.3 is 10.2 Å². The van der Waals surface area contributed by atoms with Gasteiger partial charge in [0.05, 0.1) is 11.9 Å². The highest BCUT2D eigenvalue weighted by molar-refractivity contribution is 5.62. The van der Waals surface area contributed by atoms with Crippen molar-refractivity contribution < 1.29 is 13.2 Å². The van der Waals surface area contributed by atoms with Crippen molar-refractivity contribution in [2.45, 2.75) is 6.92 Å². The van der Waals surface area contributed by atoms with Gasteiger partial charge in [0.15, 0.2) is 5.82 Å². The van der Waals surface area contributed by atoms with Gasteiger partial charge in [-0.25, -0.2) is 13.8 Å². The summed E-state index contributed by atoms with van der Waals surface area (Å²) in [5.74, 6) is -1.22. The molecule has 3 nitrogen and oxygen atoms in total. The van der Waals surface area contributed by atoms with Crippen molar-refractivity contribution in [3.63, 3.8) is 0 Å². The van der Waals surface area contributed by atoms with Crippen LogP contribution in [0.15, 0.2) is 22.7 Å². The molecule has 0 aliphatic heterocycles. The van der Waals surface area contributed by atoms with Gasteiger partial charge in [0.25, 0.3) is 0 Å². The highest BCUT2D eigenvalue weighted by Gasteiger charge is 2.18. The van der Waals surface area contributed by atoms with Gasteiger partial charge in [-0.1, -0.05) is 0 Å². The fraction of sp³-hybridized carbons (Fsp3) is 0.100. The standard InChI is InChI=1S/C10H8F2N2O/c1-5-4-14-10(15-5)8-6(11)2-3-7(13)9(8)12/h2-4H,13H2,1H3. The molecule has 78 valence electrons. The quantitative estimate of drug-likeness (QED) is 0.736. The summed E-state index contributed by atoms with van der Waals surface area (Å²) in [6.45, 7) is 1.64. The molecule has 0 aliphatic carbocycles. The van der Waals surface area contributed by atoms with E-state index in [4.69, 9.17) is 10.2 Å². The van der Waals surface area contributed by atoms with Crippen LogP contribution in [0.25, 0.3) is 11.5 Å². The molecule has 1 aromatic carbocycles. The number of rotatable bonds is 1. The SMILES string of the molecule is Cc1cnc(-c2c(F)ccc(N)c2F)o1. The van der Waals surface area contributed by atoms with Crippen LogP contribution < -0.4 is 5.73 Å². The first-order chi connectivity index (χ1) is 7.09. The second-order valence-corrected chi connectivity index (χ2v) is 3.10. The summed E-state index contributed by atoms with van der Waals surface area (Å²) in [5, 5.41) is 0. The highest BCUT2D eigenvalue weighted by atomic mass is 19.1. The third-order valence-electron chi connectivity index (χ3n) is 1.96. The Balaban J connectivity index is 2.66. The minimum Gasteiger partial charge on any atom is -0.441 e. The maximum absolute atomic E-state index is 13.5.